The molecule has 0 aliphatic rings. The highest BCUT2D eigenvalue weighted by atomic mass is 35.5. The first-order valence-corrected chi connectivity index (χ1v) is 10.9. The minimum atomic E-state index is -3.25. The van der Waals surface area contributed by atoms with E-state index in [4.69, 9.17) is 11.6 Å². The zero-order valence-corrected chi connectivity index (χ0v) is 18.3. The van der Waals surface area contributed by atoms with Crippen LogP contribution in [0.4, 0.5) is 14.5 Å². The number of hydrogen-bond acceptors (Lipinski definition) is 4. The number of rotatable bonds is 6. The first kappa shape index (κ1) is 23.0. The second-order valence-corrected chi connectivity index (χ2v) is 9.12. The molecular weight excluding hydrogens is 424 g/mol. The Hall–Kier alpha value is -2.33. The van der Waals surface area contributed by atoms with Crippen LogP contribution in [0, 0.1) is 6.92 Å². The summed E-state index contributed by atoms with van der Waals surface area (Å²) in [6.07, 6.45) is 1.06. The van der Waals surface area contributed by atoms with E-state index in [1.165, 1.54) is 19.4 Å². The van der Waals surface area contributed by atoms with Crippen molar-refractivity contribution in [3.05, 3.63) is 40.2 Å². The Labute approximate surface area is 173 Å². The molecule has 0 radical (unpaired) electrons. The zero-order chi connectivity index (χ0) is 21.9. The number of halogens is 3. The van der Waals surface area contributed by atoms with Crippen LogP contribution >= 0.6 is 11.6 Å². The summed E-state index contributed by atoms with van der Waals surface area (Å²) in [5.74, 6) is -1.02. The number of amides is 1. The fourth-order valence-corrected chi connectivity index (χ4v) is 4.27. The Bertz CT molecular complexity index is 1070. The molecule has 29 heavy (non-hydrogen) atoms. The Morgan fingerprint density at radius 2 is 2.10 bits per heavy atom. The molecule has 1 atom stereocenters. The van der Waals surface area contributed by atoms with Crippen molar-refractivity contribution in [3.63, 3.8) is 0 Å². The first-order valence-electron chi connectivity index (χ1n) is 8.59. The molecule has 0 aliphatic heterocycles. The highest BCUT2D eigenvalue weighted by Crippen LogP contribution is 2.31. The first-order chi connectivity index (χ1) is 13.5. The number of hydrogen-bond donors (Lipinski definition) is 0. The van der Waals surface area contributed by atoms with Crippen LogP contribution in [0.3, 0.4) is 0 Å². The monoisotopic (exact) mass is 445 g/mol. The van der Waals surface area contributed by atoms with Gasteiger partial charge in [0.15, 0.2) is 0 Å². The third kappa shape index (κ3) is 5.39. The van der Waals surface area contributed by atoms with Gasteiger partial charge < -0.3 is 4.90 Å². The smallest absolute Gasteiger partial charge is 0.289 e. The van der Waals surface area contributed by atoms with Crippen LogP contribution in [0.2, 0.25) is 5.02 Å². The third-order valence-electron chi connectivity index (χ3n) is 4.10. The fraction of sp³-hybridized carbons (Fsp3) is 0.389. The summed E-state index contributed by atoms with van der Waals surface area (Å²) in [7, 11) is 0.0131. The second-order valence-electron chi connectivity index (χ2n) is 6.49. The SMILES string of the molecule is CCN(C)/C=N/c1cc(C)c(S(C)(=O)=NC(=O)c2cn(C)nc2C(F)F)cc1Cl. The van der Waals surface area contributed by atoms with Gasteiger partial charge in [0.2, 0.25) is 0 Å². The van der Waals surface area contributed by atoms with Gasteiger partial charge in [0.1, 0.15) is 5.69 Å². The molecule has 1 unspecified atom stereocenters. The molecule has 11 heteroatoms. The fourth-order valence-electron chi connectivity index (χ4n) is 2.49. The third-order valence-corrected chi connectivity index (χ3v) is 6.17. The summed E-state index contributed by atoms with van der Waals surface area (Å²) in [5, 5.41) is 3.81. The van der Waals surface area contributed by atoms with Gasteiger partial charge in [-0.25, -0.2) is 18.0 Å². The molecule has 0 bridgehead atoms. The number of aliphatic imine (C=N–C) groups is 1. The molecule has 1 heterocycles. The second kappa shape index (κ2) is 9.00. The lowest BCUT2D eigenvalue weighted by molar-refractivity contribution is 0.0989. The highest BCUT2D eigenvalue weighted by Gasteiger charge is 2.24. The lowest BCUT2D eigenvalue weighted by atomic mass is 10.2. The van der Waals surface area contributed by atoms with E-state index in [2.05, 4.69) is 14.5 Å². The number of benzene rings is 1. The molecule has 158 valence electrons. The molecule has 2 aromatic rings. The summed E-state index contributed by atoms with van der Waals surface area (Å²) >= 11 is 6.26. The van der Waals surface area contributed by atoms with Crippen molar-refractivity contribution in [3.8, 4) is 0 Å². The van der Waals surface area contributed by atoms with Gasteiger partial charge in [-0.2, -0.15) is 9.46 Å². The number of carbonyl (C=O) groups excluding carboxylic acids is 1. The van der Waals surface area contributed by atoms with Crippen molar-refractivity contribution in [1.29, 1.82) is 0 Å². The highest BCUT2D eigenvalue weighted by molar-refractivity contribution is 7.93. The van der Waals surface area contributed by atoms with E-state index in [1.54, 1.807) is 19.3 Å². The van der Waals surface area contributed by atoms with Gasteiger partial charge in [-0.05, 0) is 31.5 Å². The van der Waals surface area contributed by atoms with E-state index < -0.39 is 27.8 Å². The van der Waals surface area contributed by atoms with Crippen LogP contribution in [0.1, 0.15) is 35.0 Å². The predicted octanol–water partition coefficient (Wildman–Crippen LogP) is 4.23. The molecule has 0 saturated heterocycles. The van der Waals surface area contributed by atoms with Crippen LogP contribution in [-0.2, 0) is 16.8 Å². The quantitative estimate of drug-likeness (QED) is 0.492. The molecule has 0 fully saturated rings. The lowest BCUT2D eigenvalue weighted by Crippen LogP contribution is -2.14. The number of carbonyl (C=O) groups is 1. The standard InChI is InChI=1S/C18H22ClF2N5O2S/c1-6-25(3)10-22-14-7-11(2)15(8-13(14)19)29(5,28)24-18(27)12-9-26(4)23-16(12)17(20)21/h7-10,17H,6H2,1-5H3/b22-10+. The Morgan fingerprint density at radius 3 is 2.69 bits per heavy atom. The molecular formula is C18H22ClF2N5O2S. The van der Waals surface area contributed by atoms with Gasteiger partial charge in [-0.15, -0.1) is 0 Å². The van der Waals surface area contributed by atoms with E-state index in [-0.39, 0.29) is 15.5 Å². The van der Waals surface area contributed by atoms with E-state index in [0.29, 0.717) is 11.3 Å². The van der Waals surface area contributed by atoms with Crippen LogP contribution in [0.15, 0.2) is 32.6 Å². The van der Waals surface area contributed by atoms with Crippen molar-refractivity contribution < 1.29 is 17.8 Å². The van der Waals surface area contributed by atoms with Crippen molar-refractivity contribution >= 4 is 39.3 Å². The minimum absolute atomic E-state index is 0.234. The summed E-state index contributed by atoms with van der Waals surface area (Å²) in [6, 6.07) is 3.07. The normalized spacial score (nSPS) is 13.7. The van der Waals surface area contributed by atoms with Gasteiger partial charge in [0.05, 0.1) is 37.2 Å². The van der Waals surface area contributed by atoms with E-state index >= 15 is 0 Å². The summed E-state index contributed by atoms with van der Waals surface area (Å²) < 4.78 is 44.2. The molecule has 0 aliphatic carbocycles. The van der Waals surface area contributed by atoms with E-state index in [1.807, 2.05) is 18.9 Å². The van der Waals surface area contributed by atoms with E-state index in [0.717, 1.165) is 17.4 Å². The van der Waals surface area contributed by atoms with Gasteiger partial charge in [-0.3, -0.25) is 9.48 Å². The van der Waals surface area contributed by atoms with Crippen LogP contribution < -0.4 is 0 Å². The number of aryl methyl sites for hydroxylation is 2. The summed E-state index contributed by atoms with van der Waals surface area (Å²) in [6.45, 7) is 4.41. The van der Waals surface area contributed by atoms with Gasteiger partial charge >= 0.3 is 0 Å². The van der Waals surface area contributed by atoms with Crippen molar-refractivity contribution in [2.45, 2.75) is 25.2 Å². The molecule has 1 amide bonds. The predicted molar refractivity (Wildman–Crippen MR) is 110 cm³/mol. The Balaban J connectivity index is 2.48. The molecule has 1 aromatic carbocycles. The van der Waals surface area contributed by atoms with Crippen LogP contribution in [-0.4, -0.2) is 51.0 Å². The molecule has 0 N–H and O–H groups in total. The average molecular weight is 446 g/mol. The number of alkyl halides is 2. The van der Waals surface area contributed by atoms with Crippen LogP contribution in [0.5, 0.6) is 0 Å². The topological polar surface area (TPSA) is 79.9 Å². The molecule has 0 spiro atoms. The van der Waals surface area contributed by atoms with Gasteiger partial charge in [0, 0.05) is 33.1 Å². The molecule has 2 rings (SSSR count). The van der Waals surface area contributed by atoms with Gasteiger partial charge in [-0.1, -0.05) is 11.6 Å². The number of aromatic nitrogens is 2. The average Bonchev–Trinajstić information content (AvgIpc) is 3.03. The zero-order valence-electron chi connectivity index (χ0n) is 16.7. The number of nitrogens with zero attached hydrogens (tertiary/aromatic N) is 5. The largest absolute Gasteiger partial charge is 0.366 e. The lowest BCUT2D eigenvalue weighted by Gasteiger charge is -2.12. The maximum absolute atomic E-state index is 13.1. The van der Waals surface area contributed by atoms with E-state index in [9.17, 15) is 17.8 Å². The van der Waals surface area contributed by atoms with Crippen molar-refractivity contribution in [2.75, 3.05) is 19.8 Å². The Morgan fingerprint density at radius 1 is 1.45 bits per heavy atom. The maximum Gasteiger partial charge on any atom is 0.289 e. The maximum atomic E-state index is 13.1. The summed E-state index contributed by atoms with van der Waals surface area (Å²) in [4.78, 5) is 18.8. The molecule has 0 saturated carbocycles. The van der Waals surface area contributed by atoms with Crippen molar-refractivity contribution in [1.82, 2.24) is 14.7 Å². The van der Waals surface area contributed by atoms with Crippen LogP contribution in [0.25, 0.3) is 0 Å². The molecule has 7 nitrogen and oxygen atoms in total. The Kier molecular flexibility index (Phi) is 7.12. The summed E-state index contributed by atoms with van der Waals surface area (Å²) in [5.41, 5.74) is -0.0485. The minimum Gasteiger partial charge on any atom is -0.366 e. The van der Waals surface area contributed by atoms with Gasteiger partial charge in [0.25, 0.3) is 12.3 Å². The molecule has 1 aromatic heterocycles. The van der Waals surface area contributed by atoms with Crippen molar-refractivity contribution in [2.24, 2.45) is 16.4 Å².